The van der Waals surface area contributed by atoms with E-state index < -0.39 is 8.32 Å². The Bertz CT molecular complexity index is 489. The SMILES string of the molecule is C/C(=C/c1csc(C)n1)[C@H](CCO)O[Si](C)(C)C(C)(C)C. The van der Waals surface area contributed by atoms with Crippen molar-refractivity contribution in [3.05, 3.63) is 21.7 Å². The van der Waals surface area contributed by atoms with Crippen LogP contribution in [0, 0.1) is 6.92 Å². The van der Waals surface area contributed by atoms with Gasteiger partial charge in [0.15, 0.2) is 8.32 Å². The Morgan fingerprint density at radius 3 is 2.52 bits per heavy atom. The van der Waals surface area contributed by atoms with E-state index in [0.717, 1.165) is 16.3 Å². The minimum Gasteiger partial charge on any atom is -0.410 e. The van der Waals surface area contributed by atoms with Crippen molar-refractivity contribution >= 4 is 25.7 Å². The van der Waals surface area contributed by atoms with Crippen molar-refractivity contribution in [3.63, 3.8) is 0 Å². The summed E-state index contributed by atoms with van der Waals surface area (Å²) in [6.45, 7) is 15.4. The summed E-state index contributed by atoms with van der Waals surface area (Å²) in [4.78, 5) is 4.47. The lowest BCUT2D eigenvalue weighted by Crippen LogP contribution is -2.44. The molecule has 0 aliphatic heterocycles. The summed E-state index contributed by atoms with van der Waals surface area (Å²) in [7, 11) is -1.85. The Labute approximate surface area is 134 Å². The van der Waals surface area contributed by atoms with E-state index in [2.05, 4.69) is 57.2 Å². The van der Waals surface area contributed by atoms with E-state index in [1.54, 1.807) is 11.3 Å². The van der Waals surface area contributed by atoms with Gasteiger partial charge in [-0.2, -0.15) is 0 Å². The van der Waals surface area contributed by atoms with Gasteiger partial charge in [0, 0.05) is 12.0 Å². The first-order valence-corrected chi connectivity index (χ1v) is 11.2. The van der Waals surface area contributed by atoms with Crippen LogP contribution in [0.3, 0.4) is 0 Å². The summed E-state index contributed by atoms with van der Waals surface area (Å²) >= 11 is 1.65. The number of nitrogens with zero attached hydrogens (tertiary/aromatic N) is 1. The van der Waals surface area contributed by atoms with Crippen LogP contribution in [0.5, 0.6) is 0 Å². The standard InChI is InChI=1S/C16H29NO2SSi/c1-12(10-14-11-20-13(2)17-14)15(8-9-18)19-21(6,7)16(3,4)5/h10-11,15,18H,8-9H2,1-7H3/b12-10-/t15-/m0/s1. The Balaban J connectivity index is 2.93. The molecule has 0 aliphatic carbocycles. The topological polar surface area (TPSA) is 42.4 Å². The molecule has 1 N–H and O–H groups in total. The molecular weight excluding hydrogens is 298 g/mol. The first-order chi connectivity index (χ1) is 9.56. The summed E-state index contributed by atoms with van der Waals surface area (Å²) in [6, 6.07) is 0. The van der Waals surface area contributed by atoms with Gasteiger partial charge in [-0.1, -0.05) is 20.8 Å². The fraction of sp³-hybridized carbons (Fsp3) is 0.688. The number of aliphatic hydroxyl groups is 1. The highest BCUT2D eigenvalue weighted by molar-refractivity contribution is 7.09. The molecule has 3 nitrogen and oxygen atoms in total. The van der Waals surface area contributed by atoms with Gasteiger partial charge in [-0.3, -0.25) is 0 Å². The Morgan fingerprint density at radius 2 is 2.10 bits per heavy atom. The third-order valence-electron chi connectivity index (χ3n) is 4.15. The molecule has 0 aromatic carbocycles. The van der Waals surface area contributed by atoms with Crippen LogP contribution in [0.4, 0.5) is 0 Å². The lowest BCUT2D eigenvalue weighted by molar-refractivity contribution is 0.166. The molecule has 120 valence electrons. The van der Waals surface area contributed by atoms with Gasteiger partial charge in [0.25, 0.3) is 0 Å². The smallest absolute Gasteiger partial charge is 0.192 e. The summed E-state index contributed by atoms with van der Waals surface area (Å²) in [6.07, 6.45) is 2.69. The molecule has 0 unspecified atom stereocenters. The van der Waals surface area contributed by atoms with Crippen molar-refractivity contribution in [1.29, 1.82) is 0 Å². The highest BCUT2D eigenvalue weighted by atomic mass is 32.1. The number of rotatable bonds is 6. The molecule has 1 aromatic heterocycles. The third-order valence-corrected chi connectivity index (χ3v) is 9.43. The Hall–Kier alpha value is -0.493. The van der Waals surface area contributed by atoms with Gasteiger partial charge in [0.05, 0.1) is 16.8 Å². The van der Waals surface area contributed by atoms with Crippen LogP contribution in [0.1, 0.15) is 44.8 Å². The van der Waals surface area contributed by atoms with Crippen molar-refractivity contribution in [2.75, 3.05) is 6.61 Å². The lowest BCUT2D eigenvalue weighted by atomic mass is 10.1. The molecule has 0 radical (unpaired) electrons. The van der Waals surface area contributed by atoms with E-state index >= 15 is 0 Å². The maximum absolute atomic E-state index is 9.35. The first kappa shape index (κ1) is 18.6. The van der Waals surface area contributed by atoms with E-state index in [1.165, 1.54) is 0 Å². The number of aryl methyl sites for hydroxylation is 1. The number of hydrogen-bond donors (Lipinski definition) is 1. The summed E-state index contributed by atoms with van der Waals surface area (Å²) in [5.74, 6) is 0. The minimum absolute atomic E-state index is 0.0297. The van der Waals surface area contributed by atoms with Crippen molar-refractivity contribution in [3.8, 4) is 0 Å². The Kier molecular flexibility index (Phi) is 6.34. The van der Waals surface area contributed by atoms with E-state index in [0.29, 0.717) is 6.42 Å². The second kappa shape index (κ2) is 7.18. The van der Waals surface area contributed by atoms with Crippen LogP contribution in [0.25, 0.3) is 6.08 Å². The molecule has 1 atom stereocenters. The fourth-order valence-electron chi connectivity index (χ4n) is 1.80. The summed E-state index contributed by atoms with van der Waals surface area (Å²) < 4.78 is 6.47. The largest absolute Gasteiger partial charge is 0.410 e. The molecule has 5 heteroatoms. The van der Waals surface area contributed by atoms with E-state index in [1.807, 2.05) is 6.92 Å². The summed E-state index contributed by atoms with van der Waals surface area (Å²) in [5.41, 5.74) is 2.12. The molecule has 0 saturated carbocycles. The second-order valence-electron chi connectivity index (χ2n) is 7.06. The maximum Gasteiger partial charge on any atom is 0.192 e. The van der Waals surface area contributed by atoms with Gasteiger partial charge in [-0.25, -0.2) is 4.98 Å². The first-order valence-electron chi connectivity index (χ1n) is 7.46. The van der Waals surface area contributed by atoms with Crippen LogP contribution < -0.4 is 0 Å². The van der Waals surface area contributed by atoms with Gasteiger partial charge in [0.1, 0.15) is 0 Å². The molecule has 0 fully saturated rings. The maximum atomic E-state index is 9.35. The highest BCUT2D eigenvalue weighted by Crippen LogP contribution is 2.38. The normalized spacial score (nSPS) is 15.3. The van der Waals surface area contributed by atoms with Crippen LogP contribution in [0.2, 0.25) is 18.1 Å². The molecule has 0 saturated heterocycles. The molecule has 0 aliphatic rings. The van der Waals surface area contributed by atoms with E-state index in [4.69, 9.17) is 4.43 Å². The molecular formula is C16H29NO2SSi. The number of aromatic nitrogens is 1. The van der Waals surface area contributed by atoms with Crippen LogP contribution in [-0.4, -0.2) is 31.1 Å². The van der Waals surface area contributed by atoms with Crippen molar-refractivity contribution < 1.29 is 9.53 Å². The zero-order valence-corrected chi connectivity index (χ0v) is 16.2. The Morgan fingerprint density at radius 1 is 1.48 bits per heavy atom. The summed E-state index contributed by atoms with van der Waals surface area (Å²) in [5, 5.41) is 12.6. The highest BCUT2D eigenvalue weighted by Gasteiger charge is 2.39. The molecule has 0 spiro atoms. The van der Waals surface area contributed by atoms with Gasteiger partial charge < -0.3 is 9.53 Å². The molecule has 1 rings (SSSR count). The van der Waals surface area contributed by atoms with Gasteiger partial charge in [-0.15, -0.1) is 11.3 Å². The average molecular weight is 328 g/mol. The van der Waals surface area contributed by atoms with Crippen LogP contribution in [0.15, 0.2) is 11.0 Å². The predicted octanol–water partition coefficient (Wildman–Crippen LogP) is 4.63. The van der Waals surface area contributed by atoms with Gasteiger partial charge in [0.2, 0.25) is 0 Å². The molecule has 0 bridgehead atoms. The number of thiazole rings is 1. The van der Waals surface area contributed by atoms with Crippen molar-refractivity contribution in [2.45, 2.75) is 65.3 Å². The van der Waals surface area contributed by atoms with Crippen molar-refractivity contribution in [2.24, 2.45) is 0 Å². The van der Waals surface area contributed by atoms with Gasteiger partial charge in [-0.05, 0) is 50.0 Å². The van der Waals surface area contributed by atoms with Crippen LogP contribution >= 0.6 is 11.3 Å². The second-order valence-corrected chi connectivity index (χ2v) is 12.9. The van der Waals surface area contributed by atoms with Gasteiger partial charge >= 0.3 is 0 Å². The molecule has 1 aromatic rings. The zero-order chi connectivity index (χ0) is 16.3. The molecule has 0 amide bonds. The lowest BCUT2D eigenvalue weighted by Gasteiger charge is -2.39. The van der Waals surface area contributed by atoms with E-state index in [9.17, 15) is 5.11 Å². The quantitative estimate of drug-likeness (QED) is 0.775. The van der Waals surface area contributed by atoms with E-state index in [-0.39, 0.29) is 17.7 Å². The fourth-order valence-corrected chi connectivity index (χ4v) is 3.74. The number of hydrogen-bond acceptors (Lipinski definition) is 4. The monoisotopic (exact) mass is 327 g/mol. The molecule has 21 heavy (non-hydrogen) atoms. The third kappa shape index (κ3) is 5.33. The van der Waals surface area contributed by atoms with Crippen LogP contribution in [-0.2, 0) is 4.43 Å². The predicted molar refractivity (Wildman–Crippen MR) is 94.3 cm³/mol. The van der Waals surface area contributed by atoms with Crippen molar-refractivity contribution in [1.82, 2.24) is 4.98 Å². The zero-order valence-electron chi connectivity index (χ0n) is 14.4. The molecule has 1 heterocycles. The number of aliphatic hydroxyl groups excluding tert-OH is 1. The minimum atomic E-state index is -1.85. The average Bonchev–Trinajstić information content (AvgIpc) is 2.72.